The molecule has 0 spiro atoms. The van der Waals surface area contributed by atoms with E-state index < -0.39 is 0 Å². The summed E-state index contributed by atoms with van der Waals surface area (Å²) in [5.41, 5.74) is 4.40. The summed E-state index contributed by atoms with van der Waals surface area (Å²) >= 11 is 0. The molecule has 1 aliphatic heterocycles. The second kappa shape index (κ2) is 13.7. The van der Waals surface area contributed by atoms with Gasteiger partial charge in [-0.3, -0.25) is 9.69 Å². The molecule has 0 N–H and O–H groups in total. The van der Waals surface area contributed by atoms with E-state index in [9.17, 15) is 4.79 Å². The molecule has 0 aromatic carbocycles. The minimum absolute atomic E-state index is 0.0934. The summed E-state index contributed by atoms with van der Waals surface area (Å²) in [4.78, 5) is 22.7. The van der Waals surface area contributed by atoms with Crippen molar-refractivity contribution in [3.63, 3.8) is 0 Å². The largest absolute Gasteiger partial charge is 0.481 e. The number of carbonyl (C=O) groups excluding carboxylic acids is 1. The molecule has 0 aliphatic carbocycles. The lowest BCUT2D eigenvalue weighted by Crippen LogP contribution is -2.34. The number of aromatic nitrogens is 3. The molecule has 210 valence electrons. The van der Waals surface area contributed by atoms with Gasteiger partial charge >= 0.3 is 0 Å². The van der Waals surface area contributed by atoms with E-state index in [4.69, 9.17) is 9.84 Å². The summed E-state index contributed by atoms with van der Waals surface area (Å²) < 4.78 is 7.14. The third-order valence-corrected chi connectivity index (χ3v) is 7.48. The summed E-state index contributed by atoms with van der Waals surface area (Å²) in [7, 11) is 1.62. The Kier molecular flexibility index (Phi) is 10.2. The Balaban J connectivity index is 1.69. The van der Waals surface area contributed by atoms with Gasteiger partial charge in [0.25, 0.3) is 5.91 Å². The van der Waals surface area contributed by atoms with E-state index >= 15 is 0 Å². The van der Waals surface area contributed by atoms with Crippen molar-refractivity contribution in [2.24, 2.45) is 11.8 Å². The van der Waals surface area contributed by atoms with Crippen LogP contribution < -0.4 is 4.74 Å². The Hall–Kier alpha value is -3.19. The summed E-state index contributed by atoms with van der Waals surface area (Å²) in [5, 5.41) is 4.91. The average molecular weight is 532 g/mol. The first-order valence-electron chi connectivity index (χ1n) is 14.6. The molecule has 3 aromatic rings. The maximum absolute atomic E-state index is 13.7. The zero-order valence-electron chi connectivity index (χ0n) is 24.4. The molecule has 39 heavy (non-hydrogen) atoms. The van der Waals surface area contributed by atoms with Gasteiger partial charge in [-0.05, 0) is 68.8 Å². The van der Waals surface area contributed by atoms with Crippen LogP contribution >= 0.6 is 0 Å². The van der Waals surface area contributed by atoms with Gasteiger partial charge in [-0.1, -0.05) is 46.3 Å². The van der Waals surface area contributed by atoms with Crippen molar-refractivity contribution < 1.29 is 9.53 Å². The number of likely N-dealkylation sites (tertiary alicyclic amines) is 1. The van der Waals surface area contributed by atoms with E-state index in [1.54, 1.807) is 13.3 Å². The Morgan fingerprint density at radius 2 is 1.77 bits per heavy atom. The van der Waals surface area contributed by atoms with Gasteiger partial charge in [-0.2, -0.15) is 5.10 Å². The zero-order valence-corrected chi connectivity index (χ0v) is 24.4. The minimum Gasteiger partial charge on any atom is -0.481 e. The highest BCUT2D eigenvalue weighted by Gasteiger charge is 2.20. The molecule has 4 rings (SSSR count). The fraction of sp³-hybridized carbons (Fsp3) is 0.531. The molecule has 3 aromatic heterocycles. The smallest absolute Gasteiger partial charge is 0.253 e. The maximum Gasteiger partial charge on any atom is 0.253 e. The van der Waals surface area contributed by atoms with E-state index in [0.29, 0.717) is 23.3 Å². The van der Waals surface area contributed by atoms with Crippen LogP contribution in [0.1, 0.15) is 75.7 Å². The van der Waals surface area contributed by atoms with E-state index in [0.717, 1.165) is 67.9 Å². The Bertz CT molecular complexity index is 1230. The average Bonchev–Trinajstić information content (AvgIpc) is 3.30. The van der Waals surface area contributed by atoms with Crippen LogP contribution in [0.3, 0.4) is 0 Å². The molecule has 0 atom stereocenters. The molecular formula is C32H45N5O2. The second-order valence-corrected chi connectivity index (χ2v) is 11.5. The molecule has 4 heterocycles. The molecular weight excluding hydrogens is 486 g/mol. The predicted octanol–water partition coefficient (Wildman–Crippen LogP) is 6.44. The molecule has 1 amide bonds. The number of pyridine rings is 2. The van der Waals surface area contributed by atoms with Crippen molar-refractivity contribution >= 4 is 17.5 Å². The summed E-state index contributed by atoms with van der Waals surface area (Å²) in [5.74, 6) is 1.76. The number of methoxy groups -OCH3 is 1. The SMILES string of the molecule is COc1ccc(-c2nn3ccc(C(=O)N(CCC(C)C)CCC(C)C)cc3c2/C=C/CN2CCCCC2)cn1. The van der Waals surface area contributed by atoms with Crippen molar-refractivity contribution in [3.8, 4) is 17.1 Å². The summed E-state index contributed by atoms with van der Waals surface area (Å²) in [6.07, 6.45) is 14.0. The number of hydrogen-bond donors (Lipinski definition) is 0. The number of hydrogen-bond acceptors (Lipinski definition) is 5. The molecule has 7 nitrogen and oxygen atoms in total. The second-order valence-electron chi connectivity index (χ2n) is 11.5. The van der Waals surface area contributed by atoms with Crippen molar-refractivity contribution in [2.45, 2.75) is 59.8 Å². The molecule has 1 fully saturated rings. The highest BCUT2D eigenvalue weighted by Crippen LogP contribution is 2.29. The monoisotopic (exact) mass is 531 g/mol. The lowest BCUT2D eigenvalue weighted by atomic mass is 10.1. The standard InChI is InChI=1S/C32H45N5O2/c1-24(2)13-19-36(20-14-25(3)4)32(38)26-15-21-37-29(22-26)28(10-9-18-35-16-7-6-8-17-35)31(34-37)27-11-12-30(39-5)33-23-27/h9-12,15,21-25H,6-8,13-14,16-20H2,1-5H3/b10-9+. The lowest BCUT2D eigenvalue weighted by molar-refractivity contribution is 0.0741. The van der Waals surface area contributed by atoms with Crippen LogP contribution in [0.4, 0.5) is 0 Å². The quantitative estimate of drug-likeness (QED) is 0.269. The summed E-state index contributed by atoms with van der Waals surface area (Å²) in [6.45, 7) is 13.6. The highest BCUT2D eigenvalue weighted by molar-refractivity contribution is 5.96. The first kappa shape index (κ1) is 28.8. The van der Waals surface area contributed by atoms with Crippen molar-refractivity contribution in [2.75, 3.05) is 39.8 Å². The van der Waals surface area contributed by atoms with E-state index in [1.807, 2.05) is 39.9 Å². The molecule has 1 aliphatic rings. The molecule has 0 bridgehead atoms. The normalized spacial score (nSPS) is 14.6. The first-order chi connectivity index (χ1) is 18.9. The minimum atomic E-state index is 0.0934. The van der Waals surface area contributed by atoms with Crippen molar-refractivity contribution in [1.82, 2.24) is 24.4 Å². The van der Waals surface area contributed by atoms with Crippen LogP contribution in [-0.2, 0) is 0 Å². The van der Waals surface area contributed by atoms with Gasteiger partial charge in [-0.25, -0.2) is 9.50 Å². The van der Waals surface area contributed by atoms with Gasteiger partial charge in [0.1, 0.15) is 5.69 Å². The Labute approximate surface area is 233 Å². The van der Waals surface area contributed by atoms with Gasteiger partial charge in [0, 0.05) is 54.8 Å². The fourth-order valence-electron chi connectivity index (χ4n) is 5.00. The molecule has 1 saturated heterocycles. The topological polar surface area (TPSA) is 63.0 Å². The zero-order chi connectivity index (χ0) is 27.8. The van der Waals surface area contributed by atoms with Crippen LogP contribution in [0.2, 0.25) is 0 Å². The number of carbonyl (C=O) groups is 1. The van der Waals surface area contributed by atoms with Crippen LogP contribution in [-0.4, -0.2) is 70.1 Å². The molecule has 0 saturated carbocycles. The maximum atomic E-state index is 13.7. The highest BCUT2D eigenvalue weighted by atomic mass is 16.5. The Morgan fingerprint density at radius 3 is 2.38 bits per heavy atom. The number of fused-ring (bicyclic) bond motifs is 1. The van der Waals surface area contributed by atoms with Crippen LogP contribution in [0.25, 0.3) is 22.9 Å². The Morgan fingerprint density at radius 1 is 1.05 bits per heavy atom. The molecule has 0 radical (unpaired) electrons. The van der Waals surface area contributed by atoms with E-state index in [2.05, 4.69) is 49.7 Å². The van der Waals surface area contributed by atoms with Gasteiger partial charge in [0.15, 0.2) is 0 Å². The number of rotatable bonds is 12. The van der Waals surface area contributed by atoms with Gasteiger partial charge in [-0.15, -0.1) is 0 Å². The summed E-state index contributed by atoms with van der Waals surface area (Å²) in [6, 6.07) is 7.75. The third-order valence-electron chi connectivity index (χ3n) is 7.48. The van der Waals surface area contributed by atoms with E-state index in [1.165, 1.54) is 19.3 Å². The number of amides is 1. The van der Waals surface area contributed by atoms with Crippen molar-refractivity contribution in [3.05, 3.63) is 53.9 Å². The van der Waals surface area contributed by atoms with Gasteiger partial charge < -0.3 is 9.64 Å². The molecule has 7 heteroatoms. The van der Waals surface area contributed by atoms with Gasteiger partial charge in [0.2, 0.25) is 5.88 Å². The van der Waals surface area contributed by atoms with Crippen LogP contribution in [0.15, 0.2) is 42.7 Å². The number of nitrogens with zero attached hydrogens (tertiary/aromatic N) is 5. The van der Waals surface area contributed by atoms with Crippen LogP contribution in [0.5, 0.6) is 5.88 Å². The number of piperidine rings is 1. The lowest BCUT2D eigenvalue weighted by Gasteiger charge is -2.25. The first-order valence-corrected chi connectivity index (χ1v) is 14.6. The van der Waals surface area contributed by atoms with Crippen LogP contribution in [0, 0.1) is 11.8 Å². The van der Waals surface area contributed by atoms with Crippen molar-refractivity contribution in [1.29, 1.82) is 0 Å². The van der Waals surface area contributed by atoms with Gasteiger partial charge in [0.05, 0.1) is 12.6 Å². The third kappa shape index (κ3) is 7.69. The number of ether oxygens (including phenoxy) is 1. The predicted molar refractivity (Wildman–Crippen MR) is 159 cm³/mol. The van der Waals surface area contributed by atoms with E-state index in [-0.39, 0.29) is 5.91 Å². The fourth-order valence-corrected chi connectivity index (χ4v) is 5.00. The molecule has 0 unspecified atom stereocenters.